The molecular formula is C18H19N3O4Se. The van der Waals surface area contributed by atoms with E-state index in [-0.39, 0.29) is 15.0 Å². The molecule has 0 unspecified atom stereocenters. The van der Waals surface area contributed by atoms with Crippen molar-refractivity contribution in [2.75, 3.05) is 34.2 Å². The molecule has 0 fully saturated rings. The van der Waals surface area contributed by atoms with Crippen molar-refractivity contribution >= 4 is 20.6 Å². The normalized spacial score (nSPS) is 10.5. The van der Waals surface area contributed by atoms with Gasteiger partial charge in [0.1, 0.15) is 0 Å². The number of ether oxygens (including phenoxy) is 4. The molecule has 0 aliphatic rings. The zero-order valence-corrected chi connectivity index (χ0v) is 16.6. The molecule has 136 valence electrons. The number of rotatable bonds is 6. The van der Waals surface area contributed by atoms with Gasteiger partial charge < -0.3 is 0 Å². The number of nitrogens with two attached hydrogens (primary N) is 1. The molecule has 2 N–H and O–H groups in total. The topological polar surface area (TPSA) is 88.7 Å². The van der Waals surface area contributed by atoms with Gasteiger partial charge in [0.25, 0.3) is 0 Å². The zero-order valence-electron chi connectivity index (χ0n) is 14.9. The van der Waals surface area contributed by atoms with Crippen LogP contribution in [0.3, 0.4) is 0 Å². The van der Waals surface area contributed by atoms with Crippen LogP contribution in [0.2, 0.25) is 0 Å². The SMILES string of the molecule is COc1ccc(-c2n[se]nc2-c2cc(OC)c(OC)c(OC)c2)cc1N. The van der Waals surface area contributed by atoms with E-state index in [0.29, 0.717) is 28.7 Å². The Morgan fingerprint density at radius 1 is 0.731 bits per heavy atom. The number of hydrogen-bond donors (Lipinski definition) is 1. The number of benzene rings is 2. The van der Waals surface area contributed by atoms with Crippen LogP contribution in [0.25, 0.3) is 22.5 Å². The predicted molar refractivity (Wildman–Crippen MR) is 100 cm³/mol. The molecule has 0 spiro atoms. The molecule has 26 heavy (non-hydrogen) atoms. The first kappa shape index (κ1) is 18.1. The molecule has 0 aliphatic heterocycles. The summed E-state index contributed by atoms with van der Waals surface area (Å²) in [5.41, 5.74) is 9.88. The Hall–Kier alpha value is -2.70. The summed E-state index contributed by atoms with van der Waals surface area (Å²) in [7, 11) is 6.33. The number of anilines is 1. The van der Waals surface area contributed by atoms with Gasteiger partial charge in [-0.15, -0.1) is 0 Å². The average molecular weight is 420 g/mol. The fourth-order valence-electron chi connectivity index (χ4n) is 2.67. The third-order valence-electron chi connectivity index (χ3n) is 3.93. The van der Waals surface area contributed by atoms with E-state index in [2.05, 4.69) is 7.96 Å². The number of methoxy groups -OCH3 is 4. The van der Waals surface area contributed by atoms with Gasteiger partial charge in [0.15, 0.2) is 0 Å². The molecular weight excluding hydrogens is 401 g/mol. The number of hydrogen-bond acceptors (Lipinski definition) is 7. The summed E-state index contributed by atoms with van der Waals surface area (Å²) in [6.07, 6.45) is 0. The van der Waals surface area contributed by atoms with E-state index in [0.717, 1.165) is 22.5 Å². The molecule has 0 aliphatic carbocycles. The van der Waals surface area contributed by atoms with Crippen LogP contribution in [0.1, 0.15) is 0 Å². The van der Waals surface area contributed by atoms with Crippen molar-refractivity contribution in [1.82, 2.24) is 7.96 Å². The van der Waals surface area contributed by atoms with Crippen LogP contribution in [-0.4, -0.2) is 51.4 Å². The van der Waals surface area contributed by atoms with Gasteiger partial charge in [0, 0.05) is 0 Å². The molecule has 0 saturated heterocycles. The molecule has 1 heterocycles. The Bertz CT molecular complexity index is 902. The molecule has 0 saturated carbocycles. The van der Waals surface area contributed by atoms with Gasteiger partial charge in [-0.25, -0.2) is 0 Å². The van der Waals surface area contributed by atoms with E-state index >= 15 is 0 Å². The Balaban J connectivity index is 2.13. The van der Waals surface area contributed by atoms with Crippen LogP contribution in [-0.2, 0) is 0 Å². The van der Waals surface area contributed by atoms with Gasteiger partial charge in [-0.2, -0.15) is 0 Å². The van der Waals surface area contributed by atoms with Crippen LogP contribution >= 0.6 is 0 Å². The third kappa shape index (κ3) is 3.21. The maximum absolute atomic E-state index is 6.04. The quantitative estimate of drug-likeness (QED) is 0.484. The molecule has 0 radical (unpaired) electrons. The first-order valence-electron chi connectivity index (χ1n) is 7.69. The standard InChI is InChI=1S/C18H19N3O4Se/c1-22-13-6-5-10(7-12(13)19)16-17(21-26-20-16)11-8-14(23-2)18(25-4)15(9-11)24-3/h5-9H,19H2,1-4H3. The van der Waals surface area contributed by atoms with Crippen molar-refractivity contribution in [3.05, 3.63) is 30.3 Å². The van der Waals surface area contributed by atoms with Crippen molar-refractivity contribution in [1.29, 1.82) is 0 Å². The Labute approximate surface area is 157 Å². The van der Waals surface area contributed by atoms with Crippen LogP contribution in [0.5, 0.6) is 23.0 Å². The van der Waals surface area contributed by atoms with Crippen LogP contribution in [0.4, 0.5) is 5.69 Å². The molecule has 0 bridgehead atoms. The Kier molecular flexibility index (Phi) is 5.35. The van der Waals surface area contributed by atoms with Crippen molar-refractivity contribution in [2.24, 2.45) is 0 Å². The number of nitrogens with zero attached hydrogens (tertiary/aromatic N) is 2. The molecule has 0 atom stereocenters. The van der Waals surface area contributed by atoms with E-state index in [1.165, 1.54) is 0 Å². The van der Waals surface area contributed by atoms with Gasteiger partial charge in [0.2, 0.25) is 0 Å². The first-order chi connectivity index (χ1) is 12.6. The van der Waals surface area contributed by atoms with Gasteiger partial charge in [-0.1, -0.05) is 0 Å². The minimum atomic E-state index is -0.222. The summed E-state index contributed by atoms with van der Waals surface area (Å²) >= 11 is -0.222. The summed E-state index contributed by atoms with van der Waals surface area (Å²) in [4.78, 5) is 0. The van der Waals surface area contributed by atoms with Crippen molar-refractivity contribution < 1.29 is 18.9 Å². The molecule has 3 rings (SSSR count). The summed E-state index contributed by atoms with van der Waals surface area (Å²) in [5.74, 6) is 2.30. The van der Waals surface area contributed by atoms with E-state index < -0.39 is 0 Å². The molecule has 3 aromatic rings. The van der Waals surface area contributed by atoms with E-state index in [1.54, 1.807) is 28.4 Å². The van der Waals surface area contributed by atoms with Gasteiger partial charge in [-0.05, 0) is 0 Å². The van der Waals surface area contributed by atoms with E-state index in [4.69, 9.17) is 24.7 Å². The Morgan fingerprint density at radius 2 is 1.31 bits per heavy atom. The summed E-state index contributed by atoms with van der Waals surface area (Å²) < 4.78 is 30.7. The third-order valence-corrected chi connectivity index (χ3v) is 5.04. The second-order valence-corrected chi connectivity index (χ2v) is 6.44. The maximum atomic E-state index is 6.04. The Morgan fingerprint density at radius 3 is 1.81 bits per heavy atom. The summed E-state index contributed by atoms with van der Waals surface area (Å²) in [5, 5.41) is 0. The van der Waals surface area contributed by atoms with Gasteiger partial charge in [-0.3, -0.25) is 0 Å². The fraction of sp³-hybridized carbons (Fsp3) is 0.222. The van der Waals surface area contributed by atoms with E-state index in [9.17, 15) is 0 Å². The molecule has 1 aromatic heterocycles. The zero-order chi connectivity index (χ0) is 18.7. The average Bonchev–Trinajstić information content (AvgIpc) is 3.16. The van der Waals surface area contributed by atoms with E-state index in [1.807, 2.05) is 30.3 Å². The molecule has 2 aromatic carbocycles. The van der Waals surface area contributed by atoms with Crippen LogP contribution in [0.15, 0.2) is 30.3 Å². The molecule has 7 nitrogen and oxygen atoms in total. The van der Waals surface area contributed by atoms with Gasteiger partial charge >= 0.3 is 158 Å². The summed E-state index contributed by atoms with van der Waals surface area (Å²) in [6, 6.07) is 9.31. The van der Waals surface area contributed by atoms with Crippen LogP contribution in [0, 0.1) is 0 Å². The first-order valence-corrected chi connectivity index (χ1v) is 9.23. The molecule has 0 amide bonds. The van der Waals surface area contributed by atoms with Crippen molar-refractivity contribution in [3.63, 3.8) is 0 Å². The minimum absolute atomic E-state index is 0.222. The van der Waals surface area contributed by atoms with Gasteiger partial charge in [0.05, 0.1) is 0 Å². The van der Waals surface area contributed by atoms with Crippen LogP contribution < -0.4 is 24.7 Å². The number of nitrogen functional groups attached to an aromatic ring is 1. The predicted octanol–water partition coefficient (Wildman–Crippen LogP) is 2.48. The second kappa shape index (κ2) is 7.68. The molecule has 8 heteroatoms. The monoisotopic (exact) mass is 421 g/mol. The second-order valence-electron chi connectivity index (χ2n) is 5.33. The number of aromatic nitrogens is 2. The fourth-order valence-corrected chi connectivity index (χ4v) is 3.90. The summed E-state index contributed by atoms with van der Waals surface area (Å²) in [6.45, 7) is 0. The van der Waals surface area contributed by atoms with Crippen molar-refractivity contribution in [2.45, 2.75) is 0 Å². The van der Waals surface area contributed by atoms with Crippen molar-refractivity contribution in [3.8, 4) is 45.5 Å².